The van der Waals surface area contributed by atoms with Gasteiger partial charge in [-0.1, -0.05) is 29.4 Å². The summed E-state index contributed by atoms with van der Waals surface area (Å²) in [5, 5.41) is 1.81. The zero-order valence-electron chi connectivity index (χ0n) is 16.5. The van der Waals surface area contributed by atoms with Crippen LogP contribution in [0.2, 0.25) is 5.02 Å². The minimum Gasteiger partial charge on any atom is -0.376 e. The molecule has 30 heavy (non-hydrogen) atoms. The number of benzene rings is 1. The molecule has 6 nitrogen and oxygen atoms in total. The van der Waals surface area contributed by atoms with E-state index in [2.05, 4.69) is 0 Å². The molecule has 5 rings (SSSR count). The van der Waals surface area contributed by atoms with E-state index < -0.39 is 0 Å². The molecule has 3 aromatic heterocycles. The number of aryl methyl sites for hydroxylation is 1. The summed E-state index contributed by atoms with van der Waals surface area (Å²) < 4.78 is 9.55. The highest BCUT2D eigenvalue weighted by molar-refractivity contribution is 7.98. The molecule has 0 N–H and O–H groups in total. The van der Waals surface area contributed by atoms with Crippen molar-refractivity contribution in [3.8, 4) is 0 Å². The number of pyridine rings is 1. The van der Waals surface area contributed by atoms with Crippen LogP contribution >= 0.6 is 23.4 Å². The molecule has 0 spiro atoms. The maximum Gasteiger partial charge on any atom is 0.262 e. The standard InChI is InChI=1S/C22H21ClN4O2S/c1-14-4-2-8-26-11-16(24-20(14)26)13-30-22-25-19-10-15(23)6-7-18(19)21(28)27(22)12-17-5-3-9-29-17/h2,4,6-8,10-11,17H,3,5,9,12-13H2,1H3/t17-/m1/s1. The summed E-state index contributed by atoms with van der Waals surface area (Å²) in [5.41, 5.74) is 3.58. The van der Waals surface area contributed by atoms with Gasteiger partial charge in [-0.2, -0.15) is 0 Å². The molecule has 1 aliphatic rings. The van der Waals surface area contributed by atoms with Crippen LogP contribution in [0.15, 0.2) is 52.7 Å². The molecule has 1 saturated heterocycles. The first kappa shape index (κ1) is 19.6. The lowest BCUT2D eigenvalue weighted by Gasteiger charge is -2.16. The first-order valence-corrected chi connectivity index (χ1v) is 11.3. The van der Waals surface area contributed by atoms with E-state index in [1.165, 1.54) is 11.8 Å². The highest BCUT2D eigenvalue weighted by Crippen LogP contribution is 2.25. The molecule has 8 heteroatoms. The first-order chi connectivity index (χ1) is 14.6. The van der Waals surface area contributed by atoms with Gasteiger partial charge in [0, 0.05) is 29.8 Å². The average Bonchev–Trinajstić information content (AvgIpc) is 3.39. The van der Waals surface area contributed by atoms with Gasteiger partial charge in [0.25, 0.3) is 5.56 Å². The zero-order valence-corrected chi connectivity index (χ0v) is 18.1. The average molecular weight is 441 g/mol. The Hall–Kier alpha value is -2.35. The smallest absolute Gasteiger partial charge is 0.262 e. The van der Waals surface area contributed by atoms with E-state index >= 15 is 0 Å². The van der Waals surface area contributed by atoms with Crippen LogP contribution in [0.25, 0.3) is 16.6 Å². The van der Waals surface area contributed by atoms with Crippen molar-refractivity contribution in [1.29, 1.82) is 0 Å². The number of thioether (sulfide) groups is 1. The molecule has 0 saturated carbocycles. The Morgan fingerprint density at radius 2 is 2.20 bits per heavy atom. The monoisotopic (exact) mass is 440 g/mol. The van der Waals surface area contributed by atoms with Gasteiger partial charge in [0.05, 0.1) is 29.2 Å². The van der Waals surface area contributed by atoms with E-state index in [-0.39, 0.29) is 11.7 Å². The predicted molar refractivity (Wildman–Crippen MR) is 119 cm³/mol. The summed E-state index contributed by atoms with van der Waals surface area (Å²) in [4.78, 5) is 22.8. The molecule has 0 radical (unpaired) electrons. The number of hydrogen-bond acceptors (Lipinski definition) is 5. The van der Waals surface area contributed by atoms with Gasteiger partial charge >= 0.3 is 0 Å². The third kappa shape index (κ3) is 3.73. The van der Waals surface area contributed by atoms with Gasteiger partial charge < -0.3 is 9.14 Å². The van der Waals surface area contributed by atoms with Gasteiger partial charge in [0.2, 0.25) is 0 Å². The second-order valence-electron chi connectivity index (χ2n) is 7.55. The van der Waals surface area contributed by atoms with Crippen molar-refractivity contribution in [2.45, 2.75) is 43.3 Å². The van der Waals surface area contributed by atoms with Gasteiger partial charge in [0.15, 0.2) is 5.16 Å². The highest BCUT2D eigenvalue weighted by atomic mass is 35.5. The summed E-state index contributed by atoms with van der Waals surface area (Å²) in [6.07, 6.45) is 6.05. The lowest BCUT2D eigenvalue weighted by atomic mass is 10.2. The molecule has 1 aromatic carbocycles. The Bertz CT molecular complexity index is 1290. The van der Waals surface area contributed by atoms with Crippen molar-refractivity contribution < 1.29 is 4.74 Å². The number of aromatic nitrogens is 4. The second-order valence-corrected chi connectivity index (χ2v) is 8.93. The van der Waals surface area contributed by atoms with Crippen molar-refractivity contribution >= 4 is 39.9 Å². The maximum atomic E-state index is 13.2. The van der Waals surface area contributed by atoms with Crippen molar-refractivity contribution in [2.75, 3.05) is 6.61 Å². The third-order valence-corrected chi connectivity index (χ3v) is 6.61. The van der Waals surface area contributed by atoms with Gasteiger partial charge in [-0.15, -0.1) is 0 Å². The van der Waals surface area contributed by atoms with Crippen LogP contribution < -0.4 is 5.56 Å². The van der Waals surface area contributed by atoms with Crippen LogP contribution in [0.1, 0.15) is 24.1 Å². The Morgan fingerprint density at radius 3 is 3.00 bits per heavy atom. The molecule has 0 amide bonds. The third-order valence-electron chi connectivity index (χ3n) is 5.37. The van der Waals surface area contributed by atoms with E-state index in [1.807, 2.05) is 35.9 Å². The Balaban J connectivity index is 1.51. The van der Waals surface area contributed by atoms with Crippen molar-refractivity contribution in [2.24, 2.45) is 0 Å². The molecule has 1 aliphatic heterocycles. The number of rotatable bonds is 5. The van der Waals surface area contributed by atoms with Crippen molar-refractivity contribution in [1.82, 2.24) is 18.9 Å². The first-order valence-electron chi connectivity index (χ1n) is 9.96. The van der Waals surface area contributed by atoms with Crippen LogP contribution in [0.3, 0.4) is 0 Å². The van der Waals surface area contributed by atoms with Gasteiger partial charge in [0.1, 0.15) is 5.65 Å². The minimum atomic E-state index is -0.0551. The Labute approximate surface area is 182 Å². The summed E-state index contributed by atoms with van der Waals surface area (Å²) in [6.45, 7) is 3.31. The quantitative estimate of drug-likeness (QED) is 0.338. The lowest BCUT2D eigenvalue weighted by molar-refractivity contribution is 0.0937. The maximum absolute atomic E-state index is 13.2. The number of ether oxygens (including phenoxy) is 1. The Morgan fingerprint density at radius 1 is 1.30 bits per heavy atom. The molecule has 0 aliphatic carbocycles. The van der Waals surface area contributed by atoms with E-state index in [9.17, 15) is 4.79 Å². The fourth-order valence-electron chi connectivity index (χ4n) is 3.85. The van der Waals surface area contributed by atoms with Crippen LogP contribution in [-0.4, -0.2) is 31.6 Å². The zero-order chi connectivity index (χ0) is 20.7. The number of imidazole rings is 1. The molecular weight excluding hydrogens is 420 g/mol. The van der Waals surface area contributed by atoms with Crippen LogP contribution in [0.4, 0.5) is 0 Å². The molecule has 4 aromatic rings. The number of nitrogens with zero attached hydrogens (tertiary/aromatic N) is 4. The normalized spacial score (nSPS) is 16.7. The minimum absolute atomic E-state index is 0.0476. The number of fused-ring (bicyclic) bond motifs is 2. The number of halogens is 1. The summed E-state index contributed by atoms with van der Waals surface area (Å²) >= 11 is 7.66. The second kappa shape index (κ2) is 8.06. The summed E-state index contributed by atoms with van der Waals surface area (Å²) in [5.74, 6) is 0.616. The molecule has 4 heterocycles. The van der Waals surface area contributed by atoms with Gasteiger partial charge in [-0.05, 0) is 49.6 Å². The van der Waals surface area contributed by atoms with E-state index in [0.717, 1.165) is 36.4 Å². The fourth-order valence-corrected chi connectivity index (χ4v) is 4.91. The van der Waals surface area contributed by atoms with Crippen LogP contribution in [0, 0.1) is 6.92 Å². The fraction of sp³-hybridized carbons (Fsp3) is 0.318. The topological polar surface area (TPSA) is 61.4 Å². The van der Waals surface area contributed by atoms with Crippen molar-refractivity contribution in [3.63, 3.8) is 0 Å². The van der Waals surface area contributed by atoms with Gasteiger partial charge in [-0.3, -0.25) is 9.36 Å². The predicted octanol–water partition coefficient (Wildman–Crippen LogP) is 4.48. The van der Waals surface area contributed by atoms with Gasteiger partial charge in [-0.25, -0.2) is 9.97 Å². The largest absolute Gasteiger partial charge is 0.376 e. The summed E-state index contributed by atoms with van der Waals surface area (Å²) in [7, 11) is 0. The van der Waals surface area contributed by atoms with Crippen LogP contribution in [0.5, 0.6) is 0 Å². The SMILES string of the molecule is Cc1cccn2cc(CSc3nc4cc(Cl)ccc4c(=O)n3C[C@H]3CCCO3)nc12. The lowest BCUT2D eigenvalue weighted by Crippen LogP contribution is -2.28. The van der Waals surface area contributed by atoms with E-state index in [1.54, 1.807) is 22.8 Å². The van der Waals surface area contributed by atoms with Crippen molar-refractivity contribution in [3.05, 3.63) is 69.4 Å². The number of hydrogen-bond donors (Lipinski definition) is 0. The molecule has 1 fully saturated rings. The summed E-state index contributed by atoms with van der Waals surface area (Å²) in [6, 6.07) is 9.28. The molecule has 1 atom stereocenters. The van der Waals surface area contributed by atoms with Crippen LogP contribution in [-0.2, 0) is 17.0 Å². The Kier molecular flexibility index (Phi) is 5.26. The van der Waals surface area contributed by atoms with E-state index in [4.69, 9.17) is 26.3 Å². The van der Waals surface area contributed by atoms with E-state index in [0.29, 0.717) is 33.4 Å². The molecular formula is C22H21ClN4O2S. The molecule has 0 bridgehead atoms. The molecule has 0 unspecified atom stereocenters. The highest BCUT2D eigenvalue weighted by Gasteiger charge is 2.20. The molecule has 154 valence electrons.